The second-order valence-corrected chi connectivity index (χ2v) is 5.84. The van der Waals surface area contributed by atoms with Crippen molar-refractivity contribution in [3.05, 3.63) is 18.2 Å². The fourth-order valence-electron chi connectivity index (χ4n) is 3.83. The minimum Gasteiger partial charge on any atom is -0.348 e. The van der Waals surface area contributed by atoms with E-state index in [4.69, 9.17) is 0 Å². The van der Waals surface area contributed by atoms with E-state index in [0.717, 1.165) is 11.3 Å². The van der Waals surface area contributed by atoms with Crippen molar-refractivity contribution >= 4 is 0 Å². The van der Waals surface area contributed by atoms with Crippen molar-refractivity contribution in [3.63, 3.8) is 0 Å². The average molecular weight is 220 g/mol. The van der Waals surface area contributed by atoms with Crippen LogP contribution in [0.5, 0.6) is 0 Å². The van der Waals surface area contributed by atoms with Gasteiger partial charge in [0.25, 0.3) is 0 Å². The van der Waals surface area contributed by atoms with E-state index in [0.29, 0.717) is 0 Å². The first-order valence-electron chi connectivity index (χ1n) is 6.86. The van der Waals surface area contributed by atoms with Crippen LogP contribution in [-0.4, -0.2) is 9.97 Å². The van der Waals surface area contributed by atoms with Gasteiger partial charge in [-0.3, -0.25) is 0 Å². The van der Waals surface area contributed by atoms with Crippen molar-refractivity contribution in [2.24, 2.45) is 5.41 Å². The molecule has 1 aromatic heterocycles. The maximum absolute atomic E-state index is 4.15. The van der Waals surface area contributed by atoms with Crippen LogP contribution in [0.15, 0.2) is 12.5 Å². The number of nitrogens with zero attached hydrogens (tertiary/aromatic N) is 1. The second-order valence-electron chi connectivity index (χ2n) is 5.84. The molecule has 2 saturated carbocycles. The molecule has 0 radical (unpaired) electrons. The highest BCUT2D eigenvalue weighted by Crippen LogP contribution is 2.50. The van der Waals surface area contributed by atoms with Crippen molar-refractivity contribution in [2.45, 2.75) is 63.7 Å². The molecule has 0 atom stereocenters. The van der Waals surface area contributed by atoms with Crippen molar-refractivity contribution in [1.82, 2.24) is 9.97 Å². The van der Waals surface area contributed by atoms with Crippen molar-refractivity contribution in [1.29, 1.82) is 0 Å². The van der Waals surface area contributed by atoms with Gasteiger partial charge >= 0.3 is 0 Å². The van der Waals surface area contributed by atoms with Gasteiger partial charge in [0, 0.05) is 19.2 Å². The number of aromatic amines is 1. The molecule has 2 fully saturated rings. The number of aromatic nitrogens is 2. The van der Waals surface area contributed by atoms with Crippen LogP contribution in [-0.2, 0) is 0 Å². The van der Waals surface area contributed by atoms with E-state index in [9.17, 15) is 0 Å². The van der Waals surface area contributed by atoms with Gasteiger partial charge in [-0.2, -0.15) is 0 Å². The molecule has 0 unspecified atom stereocenters. The van der Waals surface area contributed by atoms with Gasteiger partial charge in [0.15, 0.2) is 0 Å². The zero-order valence-electron chi connectivity index (χ0n) is 10.0. The highest BCUT2D eigenvalue weighted by Gasteiger charge is 2.36. The van der Waals surface area contributed by atoms with Gasteiger partial charge in [0.1, 0.15) is 0 Å². The summed E-state index contributed by atoms with van der Waals surface area (Å²) in [6.07, 6.45) is 16.9. The summed E-state index contributed by atoms with van der Waals surface area (Å²) in [5, 5.41) is 0. The van der Waals surface area contributed by atoms with Crippen LogP contribution in [0.3, 0.4) is 0 Å². The standard InChI is InChI=1S/C14H22N2.H2/c1-2-6-14(7-3-1)8-4-12(5-9-14)13-10-15-11-16-13;/h10-12H,1-9H2,(H,15,16);1H. The molecule has 1 N–H and O–H groups in total. The number of H-pyrrole nitrogens is 1. The lowest BCUT2D eigenvalue weighted by Crippen LogP contribution is -2.29. The summed E-state index contributed by atoms with van der Waals surface area (Å²) >= 11 is 0. The summed E-state index contributed by atoms with van der Waals surface area (Å²) in [5.41, 5.74) is 2.11. The van der Waals surface area contributed by atoms with Crippen LogP contribution in [0.1, 0.15) is 70.8 Å². The fourth-order valence-corrected chi connectivity index (χ4v) is 3.83. The lowest BCUT2D eigenvalue weighted by molar-refractivity contribution is 0.113. The molecule has 0 bridgehead atoms. The SMILES string of the molecule is [HH].c1ncc(C2CCC3(CCCCC3)CC2)[nH]1. The zero-order valence-corrected chi connectivity index (χ0v) is 10.0. The van der Waals surface area contributed by atoms with Crippen LogP contribution < -0.4 is 0 Å². The molecule has 0 aromatic carbocycles. The Kier molecular flexibility index (Phi) is 2.74. The molecule has 0 saturated heterocycles. The van der Waals surface area contributed by atoms with Gasteiger partial charge in [-0.1, -0.05) is 19.3 Å². The maximum Gasteiger partial charge on any atom is 0.0921 e. The molecule has 2 heteroatoms. The van der Waals surface area contributed by atoms with Crippen LogP contribution in [0.25, 0.3) is 0 Å². The fraction of sp³-hybridized carbons (Fsp3) is 0.786. The Morgan fingerprint density at radius 2 is 1.88 bits per heavy atom. The van der Waals surface area contributed by atoms with Gasteiger partial charge in [-0.15, -0.1) is 0 Å². The number of hydrogen-bond donors (Lipinski definition) is 1. The van der Waals surface area contributed by atoms with E-state index in [2.05, 4.69) is 9.97 Å². The molecule has 2 aliphatic rings. The van der Waals surface area contributed by atoms with Gasteiger partial charge < -0.3 is 4.98 Å². The second kappa shape index (κ2) is 4.23. The first-order valence-corrected chi connectivity index (χ1v) is 6.86. The normalized spacial score (nSPS) is 26.0. The van der Waals surface area contributed by atoms with Crippen LogP contribution in [0, 0.1) is 5.41 Å². The molecule has 2 aliphatic carbocycles. The molecular formula is C14H24N2. The Hall–Kier alpha value is -0.790. The lowest BCUT2D eigenvalue weighted by Gasteiger charge is -2.42. The van der Waals surface area contributed by atoms with Gasteiger partial charge in [-0.25, -0.2) is 4.98 Å². The topological polar surface area (TPSA) is 28.7 Å². The zero-order chi connectivity index (χ0) is 10.8. The number of nitrogens with one attached hydrogen (secondary N) is 1. The molecule has 1 aromatic rings. The summed E-state index contributed by atoms with van der Waals surface area (Å²) in [5.74, 6) is 0.759. The highest BCUT2D eigenvalue weighted by molar-refractivity contribution is 5.06. The predicted molar refractivity (Wildman–Crippen MR) is 67.4 cm³/mol. The smallest absolute Gasteiger partial charge is 0.0921 e. The molecule has 3 rings (SSSR count). The minimum absolute atomic E-state index is 0. The summed E-state index contributed by atoms with van der Waals surface area (Å²) in [7, 11) is 0. The number of imidazole rings is 1. The summed E-state index contributed by atoms with van der Waals surface area (Å²) in [6, 6.07) is 0. The number of hydrogen-bond acceptors (Lipinski definition) is 1. The van der Waals surface area contributed by atoms with Gasteiger partial charge in [0.05, 0.1) is 6.33 Å². The quantitative estimate of drug-likeness (QED) is 0.752. The largest absolute Gasteiger partial charge is 0.348 e. The van der Waals surface area contributed by atoms with E-state index in [1.165, 1.54) is 63.5 Å². The molecule has 0 amide bonds. The molecule has 16 heavy (non-hydrogen) atoms. The Labute approximate surface area is 99.3 Å². The van der Waals surface area contributed by atoms with Gasteiger partial charge in [-0.05, 0) is 43.9 Å². The predicted octanol–water partition coefficient (Wildman–Crippen LogP) is 4.26. The number of rotatable bonds is 1. The molecule has 1 spiro atoms. The van der Waals surface area contributed by atoms with E-state index in [1.807, 2.05) is 12.5 Å². The maximum atomic E-state index is 4.15. The molecule has 1 heterocycles. The summed E-state index contributed by atoms with van der Waals surface area (Å²) < 4.78 is 0. The van der Waals surface area contributed by atoms with E-state index < -0.39 is 0 Å². The first-order chi connectivity index (χ1) is 7.88. The van der Waals surface area contributed by atoms with Crippen LogP contribution >= 0.6 is 0 Å². The monoisotopic (exact) mass is 220 g/mol. The molecule has 90 valence electrons. The Balaban J connectivity index is 0.00000108. The Bertz CT molecular complexity index is 318. The Morgan fingerprint density at radius 1 is 1.12 bits per heavy atom. The lowest BCUT2D eigenvalue weighted by atomic mass is 9.63. The summed E-state index contributed by atoms with van der Waals surface area (Å²) in [6.45, 7) is 0. The first kappa shape index (κ1) is 10.4. The van der Waals surface area contributed by atoms with E-state index in [1.54, 1.807) is 0 Å². The van der Waals surface area contributed by atoms with E-state index in [-0.39, 0.29) is 1.43 Å². The molecule has 2 nitrogen and oxygen atoms in total. The third-order valence-corrected chi connectivity index (χ3v) is 4.92. The van der Waals surface area contributed by atoms with Crippen LogP contribution in [0.4, 0.5) is 0 Å². The summed E-state index contributed by atoms with van der Waals surface area (Å²) in [4.78, 5) is 7.43. The molecule has 0 aliphatic heterocycles. The Morgan fingerprint density at radius 3 is 2.50 bits per heavy atom. The minimum atomic E-state index is 0. The van der Waals surface area contributed by atoms with Crippen molar-refractivity contribution in [2.75, 3.05) is 0 Å². The third-order valence-electron chi connectivity index (χ3n) is 4.92. The van der Waals surface area contributed by atoms with Gasteiger partial charge in [0.2, 0.25) is 0 Å². The average Bonchev–Trinajstić information content (AvgIpc) is 2.85. The third kappa shape index (κ3) is 1.90. The molecular weight excluding hydrogens is 196 g/mol. The van der Waals surface area contributed by atoms with E-state index >= 15 is 0 Å². The highest BCUT2D eigenvalue weighted by atomic mass is 14.9. The van der Waals surface area contributed by atoms with Crippen molar-refractivity contribution < 1.29 is 1.43 Å². The van der Waals surface area contributed by atoms with Crippen LogP contribution in [0.2, 0.25) is 0 Å². The van der Waals surface area contributed by atoms with Crippen molar-refractivity contribution in [3.8, 4) is 0 Å².